The summed E-state index contributed by atoms with van der Waals surface area (Å²) in [7, 11) is 0. The molecule has 4 aliphatic rings. The normalized spacial score (nSPS) is 15.9. The number of pyridine rings is 3. The SMILES string of the molecule is Fc1ccc(C2(c3ccccc3)c3ccccc3-c3c(-c4ccc(-c5nc6ccccc6s5)cc4)cccc32)cc1.c1ccc(C2(c3ccccn3)c3ccccc3-c3ccc(-c4ccc(-c5nc6ccccc6s5)cc4)cc32)cc1.c1ccc(C2(c3ccccn3)c3ccccc3-c3ccc(-c4nc5ccccc5o4)cc32)cc1.c1ccc(C2(c3cccnc3)c3ccccc3-c3ccc(-c4nc5ccccc5o4)cc32)cc1. The minimum Gasteiger partial charge on any atom is -0.436 e. The Hall–Kier alpha value is -18.7. The third-order valence-electron chi connectivity index (χ3n) is 30.1. The molecule has 0 radical (unpaired) electrons. The number of thiazole rings is 2. The molecule has 9 nitrogen and oxygen atoms in total. The molecule has 7 heterocycles. The van der Waals surface area contributed by atoms with Crippen LogP contribution >= 0.6 is 22.7 Å². The molecule has 4 atom stereocenters. The molecule has 0 spiro atoms. The summed E-state index contributed by atoms with van der Waals surface area (Å²) in [5.41, 5.74) is 41.0. The van der Waals surface area contributed by atoms with Crippen molar-refractivity contribution in [1.29, 1.82) is 0 Å². The standard InChI is InChI=1S/C38H24FNS.C37H24N2S.2C31H20N2O/c39-29-23-21-28(22-24-29)38(27-9-2-1-3-10-27)32-13-5-4-11-31(32)36-30(12-8-14-33(36)38)25-17-19-26(20-18-25)37-40-34-15-6-7-16-35(34)41-37;1-2-10-28(11-3-1)37(35-16-8-9-23-38-35)31-13-5-4-12-29(31)30-22-21-27(24-32(30)37)25-17-19-26(20-18-25)36-39-33-14-6-7-15-34(33)40-36;1-2-10-22(11-3-1)31(29-16-8-9-19-32-29)25-13-5-4-12-23(25)24-18-17-21(20-26(24)31)30-33-27-14-6-7-15-28(27)34-30;1-2-9-22(10-3-1)31(23-11-8-18-32-20-23)26-13-5-4-12-24(26)25-17-16-21(19-27(25)31)30-33-28-14-6-7-15-29(28)34-30/h1-24H;1-24H;2*1-20H. The van der Waals surface area contributed by atoms with Gasteiger partial charge in [-0.3, -0.25) is 15.0 Å². The number of oxazole rings is 2. The minimum absolute atomic E-state index is 0.231. The van der Waals surface area contributed by atoms with Gasteiger partial charge in [-0.2, -0.15) is 0 Å². The van der Waals surface area contributed by atoms with Crippen molar-refractivity contribution in [3.05, 3.63) is 629 Å². The van der Waals surface area contributed by atoms with Crippen molar-refractivity contribution in [1.82, 2.24) is 34.9 Å². The van der Waals surface area contributed by atoms with Crippen molar-refractivity contribution in [3.63, 3.8) is 0 Å². The summed E-state index contributed by atoms with van der Waals surface area (Å²) in [6, 6.07) is 178. The van der Waals surface area contributed by atoms with Gasteiger partial charge in [-0.1, -0.05) is 388 Å². The second-order valence-electron chi connectivity index (χ2n) is 37.9. The fourth-order valence-electron chi connectivity index (χ4n) is 23.7. The molecule has 19 aromatic carbocycles. The predicted molar refractivity (Wildman–Crippen MR) is 602 cm³/mol. The van der Waals surface area contributed by atoms with E-state index in [1.165, 1.54) is 137 Å². The highest BCUT2D eigenvalue weighted by atomic mass is 32.1. The van der Waals surface area contributed by atoms with Crippen molar-refractivity contribution >= 4 is 65.3 Å². The maximum Gasteiger partial charge on any atom is 0.227 e. The van der Waals surface area contributed by atoms with Crippen LogP contribution < -0.4 is 0 Å². The van der Waals surface area contributed by atoms with Gasteiger partial charge < -0.3 is 8.83 Å². The van der Waals surface area contributed by atoms with Gasteiger partial charge >= 0.3 is 0 Å². The highest BCUT2D eigenvalue weighted by Crippen LogP contribution is 2.63. The molecule has 0 aliphatic heterocycles. The van der Waals surface area contributed by atoms with Gasteiger partial charge in [0.2, 0.25) is 11.8 Å². The van der Waals surface area contributed by atoms with E-state index in [1.54, 1.807) is 34.8 Å². The summed E-state index contributed by atoms with van der Waals surface area (Å²) in [4.78, 5) is 33.6. The van der Waals surface area contributed by atoms with Crippen LogP contribution in [0.3, 0.4) is 0 Å². The second kappa shape index (κ2) is 37.2. The summed E-state index contributed by atoms with van der Waals surface area (Å²) in [5, 5.41) is 2.08. The topological polar surface area (TPSA) is 117 Å². The average Bonchev–Trinajstić information content (AvgIpc) is 1.52. The van der Waals surface area contributed by atoms with E-state index in [9.17, 15) is 4.39 Å². The average molecular weight is 1950 g/mol. The number of hydrogen-bond acceptors (Lipinski definition) is 11. The number of hydrogen-bond donors (Lipinski definition) is 0. The Kier molecular flexibility index (Phi) is 22.2. The number of aromatic nitrogens is 7. The lowest BCUT2D eigenvalue weighted by atomic mass is 9.67. The van der Waals surface area contributed by atoms with Crippen LogP contribution in [0.1, 0.15) is 89.3 Å². The fourth-order valence-corrected chi connectivity index (χ4v) is 25.6. The van der Waals surface area contributed by atoms with E-state index >= 15 is 0 Å². The number of halogens is 1. The van der Waals surface area contributed by atoms with Crippen molar-refractivity contribution in [2.45, 2.75) is 21.7 Å². The van der Waals surface area contributed by atoms with Crippen LogP contribution in [0.15, 0.2) is 543 Å². The van der Waals surface area contributed by atoms with E-state index in [1.807, 2.05) is 122 Å². The summed E-state index contributed by atoms with van der Waals surface area (Å²) < 4.78 is 28.9. The monoisotopic (exact) mass is 1950 g/mol. The zero-order chi connectivity index (χ0) is 99.0. The van der Waals surface area contributed by atoms with E-state index in [-0.39, 0.29) is 5.82 Å². The zero-order valence-corrected chi connectivity index (χ0v) is 82.1. The molecular weight excluding hydrogens is 1860 g/mol. The number of nitrogens with zero attached hydrogens (tertiary/aromatic N) is 7. The molecule has 0 bridgehead atoms. The lowest BCUT2D eigenvalue weighted by Gasteiger charge is -2.34. The maximum absolute atomic E-state index is 14.2. The Morgan fingerprint density at radius 3 is 0.993 bits per heavy atom. The fraction of sp³-hybridized carbons (Fsp3) is 0.0292. The summed E-state index contributed by atoms with van der Waals surface area (Å²) in [6.45, 7) is 0. The molecule has 0 saturated heterocycles. The molecule has 12 heteroatoms. The second-order valence-corrected chi connectivity index (χ2v) is 40.0. The highest BCUT2D eigenvalue weighted by Gasteiger charge is 2.52. The lowest BCUT2D eigenvalue weighted by Crippen LogP contribution is -2.29. The molecule has 0 fully saturated rings. The number of fused-ring (bicyclic) bond motifs is 16. The van der Waals surface area contributed by atoms with Crippen LogP contribution in [0, 0.1) is 5.82 Å². The third-order valence-corrected chi connectivity index (χ3v) is 32.2. The largest absolute Gasteiger partial charge is 0.436 e. The molecule has 0 amide bonds. The van der Waals surface area contributed by atoms with Crippen molar-refractivity contribution in [3.8, 4) is 111 Å². The van der Waals surface area contributed by atoms with Gasteiger partial charge in [0.25, 0.3) is 0 Å². The van der Waals surface area contributed by atoms with Crippen molar-refractivity contribution in [2.24, 2.45) is 0 Å². The molecule has 0 saturated carbocycles. The molecular formula is C137H88FN7O2S2. The molecule has 7 aromatic heterocycles. The summed E-state index contributed by atoms with van der Waals surface area (Å²) >= 11 is 3.46. The highest BCUT2D eigenvalue weighted by molar-refractivity contribution is 7.22. The van der Waals surface area contributed by atoms with Gasteiger partial charge in [0.1, 0.15) is 26.9 Å². The molecule has 702 valence electrons. The first-order valence-electron chi connectivity index (χ1n) is 50.1. The van der Waals surface area contributed by atoms with Crippen LogP contribution in [0.25, 0.3) is 153 Å². The van der Waals surface area contributed by atoms with Crippen LogP contribution in [0.5, 0.6) is 0 Å². The van der Waals surface area contributed by atoms with E-state index in [4.69, 9.17) is 38.7 Å². The summed E-state index contributed by atoms with van der Waals surface area (Å²) in [5.74, 6) is 1.03. The molecule has 4 aliphatic carbocycles. The Morgan fingerprint density at radius 1 is 0.208 bits per heavy atom. The molecule has 149 heavy (non-hydrogen) atoms. The Bertz CT molecular complexity index is 9040. The third kappa shape index (κ3) is 14.8. The van der Waals surface area contributed by atoms with Crippen LogP contribution in [0.4, 0.5) is 4.39 Å². The summed E-state index contributed by atoms with van der Waals surface area (Å²) in [6.07, 6.45) is 7.61. The first kappa shape index (κ1) is 89.2. The van der Waals surface area contributed by atoms with E-state index < -0.39 is 21.7 Å². The first-order chi connectivity index (χ1) is 73.8. The van der Waals surface area contributed by atoms with E-state index in [0.29, 0.717) is 11.8 Å². The quantitative estimate of drug-likeness (QED) is 0.105. The van der Waals surface area contributed by atoms with Gasteiger partial charge in [-0.15, -0.1) is 22.7 Å². The number of benzene rings is 19. The number of rotatable bonds is 14. The van der Waals surface area contributed by atoms with Crippen LogP contribution in [0.2, 0.25) is 0 Å². The van der Waals surface area contributed by atoms with Crippen LogP contribution in [-0.2, 0) is 21.7 Å². The zero-order valence-electron chi connectivity index (χ0n) is 80.4. The Labute approximate surface area is 868 Å². The van der Waals surface area contributed by atoms with Gasteiger partial charge in [0, 0.05) is 47.0 Å². The molecule has 30 rings (SSSR count). The van der Waals surface area contributed by atoms with Gasteiger partial charge in [0.15, 0.2) is 11.2 Å². The predicted octanol–water partition coefficient (Wildman–Crippen LogP) is 34.0. The van der Waals surface area contributed by atoms with E-state index in [2.05, 4.69) is 405 Å². The van der Waals surface area contributed by atoms with Gasteiger partial charge in [0.05, 0.1) is 53.5 Å². The molecule has 26 aromatic rings. The smallest absolute Gasteiger partial charge is 0.227 e. The van der Waals surface area contributed by atoms with Gasteiger partial charge in [-0.25, -0.2) is 24.3 Å². The number of para-hydroxylation sites is 6. The lowest BCUT2D eigenvalue weighted by molar-refractivity contribution is 0.619. The molecule has 0 N–H and O–H groups in total. The molecule has 4 unspecified atom stereocenters. The minimum atomic E-state index is -0.558. The first-order valence-corrected chi connectivity index (χ1v) is 51.7. The van der Waals surface area contributed by atoms with E-state index in [0.717, 1.165) is 93.6 Å². The van der Waals surface area contributed by atoms with Crippen LogP contribution in [-0.4, -0.2) is 34.9 Å². The Balaban J connectivity index is 0.0000000982. The van der Waals surface area contributed by atoms with Crippen molar-refractivity contribution < 1.29 is 13.2 Å². The van der Waals surface area contributed by atoms with Crippen molar-refractivity contribution in [2.75, 3.05) is 0 Å². The Morgan fingerprint density at radius 2 is 0.544 bits per heavy atom. The maximum atomic E-state index is 14.2. The van der Waals surface area contributed by atoms with Gasteiger partial charge in [-0.05, 0) is 266 Å².